The summed E-state index contributed by atoms with van der Waals surface area (Å²) < 4.78 is 40.4. The van der Waals surface area contributed by atoms with Crippen LogP contribution in [0.2, 0.25) is 0 Å². The quantitative estimate of drug-likeness (QED) is 0.890. The molecular weight excluding hydrogens is 301 g/mol. The van der Waals surface area contributed by atoms with Crippen LogP contribution in [0.3, 0.4) is 0 Å². The van der Waals surface area contributed by atoms with Crippen LogP contribution in [-0.2, 0) is 16.6 Å². The lowest BCUT2D eigenvalue weighted by Gasteiger charge is -2.14. The van der Waals surface area contributed by atoms with Crippen molar-refractivity contribution in [3.8, 4) is 0 Å². The molecule has 2 rings (SSSR count). The van der Waals surface area contributed by atoms with Crippen LogP contribution >= 0.6 is 11.3 Å². The molecule has 2 N–H and O–H groups in total. The highest BCUT2D eigenvalue weighted by Crippen LogP contribution is 2.24. The van der Waals surface area contributed by atoms with Gasteiger partial charge in [-0.2, -0.15) is 0 Å². The Morgan fingerprint density at radius 3 is 2.60 bits per heavy atom. The molecule has 0 spiro atoms. The van der Waals surface area contributed by atoms with Crippen molar-refractivity contribution in [1.82, 2.24) is 4.72 Å². The van der Waals surface area contributed by atoms with Gasteiger partial charge < -0.3 is 5.11 Å². The fourth-order valence-electron chi connectivity index (χ4n) is 1.77. The van der Waals surface area contributed by atoms with Crippen LogP contribution in [0.1, 0.15) is 23.4 Å². The summed E-state index contributed by atoms with van der Waals surface area (Å²) in [5.74, 6) is -0.454. The predicted molar refractivity (Wildman–Crippen MR) is 75.4 cm³/mol. The molecule has 0 aliphatic heterocycles. The van der Waals surface area contributed by atoms with Gasteiger partial charge in [0.25, 0.3) is 10.0 Å². The summed E-state index contributed by atoms with van der Waals surface area (Å²) in [5.41, 5.74) is 0.287. The first-order chi connectivity index (χ1) is 9.44. The highest BCUT2D eigenvalue weighted by atomic mass is 32.2. The number of hydrogen-bond donors (Lipinski definition) is 2. The number of aliphatic hydroxyl groups excluding tert-OH is 1. The van der Waals surface area contributed by atoms with Crippen molar-refractivity contribution in [1.29, 1.82) is 0 Å². The molecule has 0 radical (unpaired) electrons. The van der Waals surface area contributed by atoms with E-state index in [1.807, 2.05) is 0 Å². The fourth-order valence-corrected chi connectivity index (χ4v) is 4.22. The Hall–Kier alpha value is -1.28. The molecule has 0 saturated carbocycles. The molecule has 0 aliphatic rings. The molecule has 20 heavy (non-hydrogen) atoms. The zero-order valence-electron chi connectivity index (χ0n) is 10.7. The molecule has 0 aliphatic carbocycles. The maximum Gasteiger partial charge on any atom is 0.250 e. The molecule has 4 nitrogen and oxygen atoms in total. The predicted octanol–water partition coefficient (Wildman–Crippen LogP) is 2.42. The minimum absolute atomic E-state index is 0.102. The Kier molecular flexibility index (Phi) is 4.54. The first-order valence-corrected chi connectivity index (χ1v) is 8.20. The van der Waals surface area contributed by atoms with Crippen LogP contribution in [0.4, 0.5) is 4.39 Å². The first kappa shape index (κ1) is 15.1. The van der Waals surface area contributed by atoms with E-state index in [0.717, 1.165) is 11.3 Å². The molecule has 0 fully saturated rings. The van der Waals surface area contributed by atoms with Crippen molar-refractivity contribution >= 4 is 21.4 Å². The number of hydrogen-bond acceptors (Lipinski definition) is 4. The number of thiophene rings is 1. The van der Waals surface area contributed by atoms with Gasteiger partial charge in [-0.3, -0.25) is 0 Å². The minimum atomic E-state index is -3.72. The molecule has 7 heteroatoms. The summed E-state index contributed by atoms with van der Waals surface area (Å²) in [7, 11) is -3.72. The van der Waals surface area contributed by atoms with E-state index in [4.69, 9.17) is 5.11 Å². The maximum atomic E-state index is 13.6. The number of halogens is 1. The topological polar surface area (TPSA) is 66.4 Å². The van der Waals surface area contributed by atoms with Crippen LogP contribution in [0.25, 0.3) is 0 Å². The van der Waals surface area contributed by atoms with Gasteiger partial charge in [-0.05, 0) is 25.1 Å². The molecule has 0 bridgehead atoms. The van der Waals surface area contributed by atoms with Gasteiger partial charge in [0, 0.05) is 16.5 Å². The van der Waals surface area contributed by atoms with E-state index in [1.54, 1.807) is 25.1 Å². The first-order valence-electron chi connectivity index (χ1n) is 5.90. The van der Waals surface area contributed by atoms with E-state index < -0.39 is 21.9 Å². The van der Waals surface area contributed by atoms with Gasteiger partial charge in [0.05, 0.1) is 6.61 Å². The lowest BCUT2D eigenvalue weighted by atomic mass is 10.1. The van der Waals surface area contributed by atoms with Crippen molar-refractivity contribution in [2.75, 3.05) is 0 Å². The summed E-state index contributed by atoms with van der Waals surface area (Å²) in [6.07, 6.45) is 0. The van der Waals surface area contributed by atoms with Crippen LogP contribution in [0, 0.1) is 5.82 Å². The molecule has 1 aromatic carbocycles. The summed E-state index contributed by atoms with van der Waals surface area (Å²) in [5, 5.41) is 8.96. The average molecular weight is 315 g/mol. The molecule has 0 saturated heterocycles. The van der Waals surface area contributed by atoms with E-state index >= 15 is 0 Å². The number of nitrogens with one attached hydrogen (secondary N) is 1. The largest absolute Gasteiger partial charge is 0.391 e. The van der Waals surface area contributed by atoms with Crippen molar-refractivity contribution in [2.24, 2.45) is 0 Å². The third kappa shape index (κ3) is 3.24. The smallest absolute Gasteiger partial charge is 0.250 e. The molecule has 1 atom stereocenters. The monoisotopic (exact) mass is 315 g/mol. The summed E-state index contributed by atoms with van der Waals surface area (Å²) in [6, 6.07) is 8.32. The lowest BCUT2D eigenvalue weighted by molar-refractivity contribution is 0.285. The second-order valence-electron chi connectivity index (χ2n) is 4.24. The number of sulfonamides is 1. The maximum absolute atomic E-state index is 13.6. The number of benzene rings is 1. The molecule has 1 heterocycles. The highest BCUT2D eigenvalue weighted by molar-refractivity contribution is 7.91. The summed E-state index contributed by atoms with van der Waals surface area (Å²) >= 11 is 0.987. The number of aliphatic hydroxyl groups is 1. The Balaban J connectivity index is 2.22. The Morgan fingerprint density at radius 2 is 2.00 bits per heavy atom. The molecular formula is C13H14FNO3S2. The fraction of sp³-hybridized carbons (Fsp3) is 0.231. The Labute approximate surface area is 120 Å². The van der Waals surface area contributed by atoms with Gasteiger partial charge in [-0.15, -0.1) is 11.3 Å². The molecule has 2 aromatic rings. The van der Waals surface area contributed by atoms with Crippen molar-refractivity contribution < 1.29 is 17.9 Å². The van der Waals surface area contributed by atoms with Gasteiger partial charge >= 0.3 is 0 Å². The molecule has 0 amide bonds. The standard InChI is InChI=1S/C13H14FNO3S2/c1-9(11-4-2-3-5-12(11)14)15-20(17,18)13-7-6-10(8-16)19-13/h2-7,9,15-16H,8H2,1H3. The molecule has 1 unspecified atom stereocenters. The van der Waals surface area contributed by atoms with Crippen LogP contribution < -0.4 is 4.72 Å². The number of rotatable bonds is 5. The third-order valence-electron chi connectivity index (χ3n) is 2.76. The summed E-state index contributed by atoms with van der Waals surface area (Å²) in [6.45, 7) is 1.37. The van der Waals surface area contributed by atoms with Gasteiger partial charge in [-0.1, -0.05) is 18.2 Å². The van der Waals surface area contributed by atoms with Gasteiger partial charge in [-0.25, -0.2) is 17.5 Å². The Bertz CT molecular complexity index is 697. The van der Waals surface area contributed by atoms with E-state index in [9.17, 15) is 12.8 Å². The third-order valence-corrected chi connectivity index (χ3v) is 5.86. The Morgan fingerprint density at radius 1 is 1.30 bits per heavy atom. The van der Waals surface area contributed by atoms with E-state index in [-0.39, 0.29) is 16.4 Å². The van der Waals surface area contributed by atoms with Crippen molar-refractivity contribution in [3.05, 3.63) is 52.7 Å². The molecule has 1 aromatic heterocycles. The van der Waals surface area contributed by atoms with Crippen LogP contribution in [0.5, 0.6) is 0 Å². The summed E-state index contributed by atoms with van der Waals surface area (Å²) in [4.78, 5) is 0.559. The van der Waals surface area contributed by atoms with E-state index in [1.165, 1.54) is 18.2 Å². The highest BCUT2D eigenvalue weighted by Gasteiger charge is 2.21. The normalized spacial score (nSPS) is 13.3. The zero-order chi connectivity index (χ0) is 14.8. The lowest BCUT2D eigenvalue weighted by Crippen LogP contribution is -2.26. The van der Waals surface area contributed by atoms with E-state index in [0.29, 0.717) is 4.88 Å². The zero-order valence-corrected chi connectivity index (χ0v) is 12.3. The minimum Gasteiger partial charge on any atom is -0.391 e. The van der Waals surface area contributed by atoms with Crippen LogP contribution in [-0.4, -0.2) is 13.5 Å². The van der Waals surface area contributed by atoms with Crippen molar-refractivity contribution in [2.45, 2.75) is 23.8 Å². The second kappa shape index (κ2) is 6.01. The SMILES string of the molecule is CC(NS(=O)(=O)c1ccc(CO)s1)c1ccccc1F. The average Bonchev–Trinajstić information content (AvgIpc) is 2.88. The molecule has 108 valence electrons. The van der Waals surface area contributed by atoms with E-state index in [2.05, 4.69) is 4.72 Å². The second-order valence-corrected chi connectivity index (χ2v) is 7.35. The van der Waals surface area contributed by atoms with Gasteiger partial charge in [0.15, 0.2) is 0 Å². The van der Waals surface area contributed by atoms with Crippen LogP contribution in [0.15, 0.2) is 40.6 Å². The van der Waals surface area contributed by atoms with Gasteiger partial charge in [0.2, 0.25) is 0 Å². The van der Waals surface area contributed by atoms with Crippen molar-refractivity contribution in [3.63, 3.8) is 0 Å². The van der Waals surface area contributed by atoms with Gasteiger partial charge in [0.1, 0.15) is 10.0 Å².